The Hall–Kier alpha value is -2.85. The molecule has 3 rings (SSSR count). The van der Waals surface area contributed by atoms with Crippen LogP contribution in [-0.2, 0) is 4.79 Å². The van der Waals surface area contributed by atoms with E-state index in [1.807, 2.05) is 84.9 Å². The molecule has 0 aliphatic carbocycles. The molecule has 0 saturated heterocycles. The summed E-state index contributed by atoms with van der Waals surface area (Å²) in [6.45, 7) is 0. The summed E-state index contributed by atoms with van der Waals surface area (Å²) in [5, 5.41) is 2.96. The molecular weight excluding hydrogens is 390 g/mol. The zero-order chi connectivity index (χ0) is 18.4. The van der Waals surface area contributed by atoms with Crippen LogP contribution in [0.1, 0.15) is 11.1 Å². The highest BCUT2D eigenvalue weighted by Crippen LogP contribution is 2.23. The number of amides is 1. The third-order valence-electron chi connectivity index (χ3n) is 3.84. The van der Waals surface area contributed by atoms with Crippen molar-refractivity contribution in [1.82, 2.24) is 0 Å². The van der Waals surface area contributed by atoms with E-state index >= 15 is 0 Å². The van der Waals surface area contributed by atoms with Crippen LogP contribution in [0.3, 0.4) is 0 Å². The topological polar surface area (TPSA) is 38.3 Å². The maximum atomic E-state index is 12.9. The van der Waals surface area contributed by atoms with Crippen molar-refractivity contribution in [3.05, 3.63) is 94.5 Å². The first-order chi connectivity index (χ1) is 12.7. The van der Waals surface area contributed by atoms with Crippen LogP contribution >= 0.6 is 15.9 Å². The van der Waals surface area contributed by atoms with E-state index < -0.39 is 0 Å². The summed E-state index contributed by atoms with van der Waals surface area (Å²) in [5.41, 5.74) is 3.11. The maximum Gasteiger partial charge on any atom is 0.256 e. The van der Waals surface area contributed by atoms with Gasteiger partial charge in [0.05, 0.1) is 7.11 Å². The number of benzene rings is 3. The van der Waals surface area contributed by atoms with E-state index in [1.54, 1.807) is 7.11 Å². The summed E-state index contributed by atoms with van der Waals surface area (Å²) in [5.74, 6) is 0.618. The summed E-state index contributed by atoms with van der Waals surface area (Å²) >= 11 is 3.42. The van der Waals surface area contributed by atoms with Gasteiger partial charge in [0.1, 0.15) is 5.75 Å². The Kier molecular flexibility index (Phi) is 5.87. The molecule has 0 saturated carbocycles. The lowest BCUT2D eigenvalue weighted by Crippen LogP contribution is -2.13. The molecule has 0 radical (unpaired) electrons. The summed E-state index contributed by atoms with van der Waals surface area (Å²) in [6.07, 6.45) is 1.88. The first-order valence-electron chi connectivity index (χ1n) is 8.14. The first-order valence-corrected chi connectivity index (χ1v) is 8.93. The third-order valence-corrected chi connectivity index (χ3v) is 4.33. The van der Waals surface area contributed by atoms with Gasteiger partial charge in [0.15, 0.2) is 0 Å². The van der Waals surface area contributed by atoms with Gasteiger partial charge in [0.25, 0.3) is 5.91 Å². The van der Waals surface area contributed by atoms with E-state index in [0.29, 0.717) is 5.57 Å². The van der Waals surface area contributed by atoms with Gasteiger partial charge in [-0.1, -0.05) is 64.5 Å². The third kappa shape index (κ3) is 4.61. The van der Waals surface area contributed by atoms with Crippen LogP contribution in [0.15, 0.2) is 83.3 Å². The summed E-state index contributed by atoms with van der Waals surface area (Å²) in [6, 6.07) is 24.8. The molecule has 3 aromatic carbocycles. The number of methoxy groups -OCH3 is 1. The Morgan fingerprint density at radius 1 is 0.962 bits per heavy atom. The Morgan fingerprint density at radius 3 is 2.35 bits per heavy atom. The van der Waals surface area contributed by atoms with Gasteiger partial charge in [0, 0.05) is 15.7 Å². The monoisotopic (exact) mass is 407 g/mol. The number of carbonyl (C=O) groups excluding carboxylic acids is 1. The average Bonchev–Trinajstić information content (AvgIpc) is 2.67. The van der Waals surface area contributed by atoms with E-state index in [1.165, 1.54) is 0 Å². The summed E-state index contributed by atoms with van der Waals surface area (Å²) in [7, 11) is 1.63. The molecule has 0 unspecified atom stereocenters. The normalized spacial score (nSPS) is 11.1. The van der Waals surface area contributed by atoms with E-state index in [-0.39, 0.29) is 5.91 Å². The van der Waals surface area contributed by atoms with Gasteiger partial charge in [-0.05, 0) is 47.5 Å². The average molecular weight is 408 g/mol. The van der Waals surface area contributed by atoms with Crippen molar-refractivity contribution in [2.24, 2.45) is 0 Å². The second-order valence-corrected chi connectivity index (χ2v) is 6.58. The molecule has 0 aromatic heterocycles. The fourth-order valence-electron chi connectivity index (χ4n) is 2.53. The zero-order valence-corrected chi connectivity index (χ0v) is 15.9. The maximum absolute atomic E-state index is 12.9. The van der Waals surface area contributed by atoms with Crippen molar-refractivity contribution in [3.63, 3.8) is 0 Å². The molecule has 0 atom stereocenters. The lowest BCUT2D eigenvalue weighted by Gasteiger charge is -2.10. The Morgan fingerprint density at radius 2 is 1.69 bits per heavy atom. The second kappa shape index (κ2) is 8.50. The van der Waals surface area contributed by atoms with Crippen LogP contribution in [0.25, 0.3) is 11.6 Å². The highest BCUT2D eigenvalue weighted by Gasteiger charge is 2.12. The Bertz CT molecular complexity index is 918. The predicted octanol–water partition coefficient (Wildman–Crippen LogP) is 5.64. The van der Waals surface area contributed by atoms with Gasteiger partial charge in [-0.25, -0.2) is 0 Å². The standard InChI is InChI=1S/C22H18BrNO2/c1-26-20-12-10-16(11-13-20)14-21(17-6-3-2-4-7-17)22(25)24-19-9-5-8-18(23)15-19/h2-15H,1H3,(H,24,25). The molecule has 0 aliphatic rings. The second-order valence-electron chi connectivity index (χ2n) is 5.66. The molecule has 1 N–H and O–H groups in total. The highest BCUT2D eigenvalue weighted by atomic mass is 79.9. The molecule has 0 spiro atoms. The Balaban J connectivity index is 1.95. The predicted molar refractivity (Wildman–Crippen MR) is 110 cm³/mol. The van der Waals surface area contributed by atoms with Crippen LogP contribution in [0.5, 0.6) is 5.75 Å². The van der Waals surface area contributed by atoms with Gasteiger partial charge in [-0.15, -0.1) is 0 Å². The van der Waals surface area contributed by atoms with Crippen molar-refractivity contribution in [2.75, 3.05) is 12.4 Å². The van der Waals surface area contributed by atoms with Gasteiger partial charge in [-0.3, -0.25) is 4.79 Å². The lowest BCUT2D eigenvalue weighted by molar-refractivity contribution is -0.111. The van der Waals surface area contributed by atoms with E-state index in [0.717, 1.165) is 27.0 Å². The van der Waals surface area contributed by atoms with Crippen LogP contribution < -0.4 is 10.1 Å². The largest absolute Gasteiger partial charge is 0.497 e. The molecule has 3 aromatic rings. The van der Waals surface area contributed by atoms with Crippen molar-refractivity contribution >= 4 is 39.2 Å². The first kappa shape index (κ1) is 18.0. The van der Waals surface area contributed by atoms with E-state index in [2.05, 4.69) is 21.2 Å². The minimum Gasteiger partial charge on any atom is -0.497 e. The molecule has 0 fully saturated rings. The molecule has 26 heavy (non-hydrogen) atoms. The molecule has 130 valence electrons. The fraction of sp³-hybridized carbons (Fsp3) is 0.0455. The number of anilines is 1. The summed E-state index contributed by atoms with van der Waals surface area (Å²) < 4.78 is 6.10. The molecular formula is C22H18BrNO2. The summed E-state index contributed by atoms with van der Waals surface area (Å²) in [4.78, 5) is 12.9. The van der Waals surface area contributed by atoms with Crippen molar-refractivity contribution in [2.45, 2.75) is 0 Å². The van der Waals surface area contributed by atoms with Gasteiger partial charge >= 0.3 is 0 Å². The van der Waals surface area contributed by atoms with E-state index in [9.17, 15) is 4.79 Å². The van der Waals surface area contributed by atoms with Crippen LogP contribution in [0.4, 0.5) is 5.69 Å². The van der Waals surface area contributed by atoms with Gasteiger partial charge in [-0.2, -0.15) is 0 Å². The SMILES string of the molecule is COc1ccc(C=C(C(=O)Nc2cccc(Br)c2)c2ccccc2)cc1. The number of nitrogens with one attached hydrogen (secondary N) is 1. The number of carbonyl (C=O) groups is 1. The molecule has 0 aliphatic heterocycles. The zero-order valence-electron chi connectivity index (χ0n) is 14.3. The fourth-order valence-corrected chi connectivity index (χ4v) is 2.93. The minimum absolute atomic E-state index is 0.162. The molecule has 1 amide bonds. The molecule has 3 nitrogen and oxygen atoms in total. The molecule has 0 bridgehead atoms. The molecule has 4 heteroatoms. The van der Waals surface area contributed by atoms with Crippen LogP contribution in [-0.4, -0.2) is 13.0 Å². The highest BCUT2D eigenvalue weighted by molar-refractivity contribution is 9.10. The van der Waals surface area contributed by atoms with Crippen molar-refractivity contribution < 1.29 is 9.53 Å². The van der Waals surface area contributed by atoms with Crippen molar-refractivity contribution in [3.8, 4) is 5.75 Å². The smallest absolute Gasteiger partial charge is 0.256 e. The minimum atomic E-state index is -0.162. The lowest BCUT2D eigenvalue weighted by atomic mass is 10.0. The number of hydrogen-bond acceptors (Lipinski definition) is 2. The quantitative estimate of drug-likeness (QED) is 0.439. The van der Waals surface area contributed by atoms with Crippen LogP contribution in [0.2, 0.25) is 0 Å². The number of rotatable bonds is 5. The van der Waals surface area contributed by atoms with Crippen molar-refractivity contribution in [1.29, 1.82) is 0 Å². The number of hydrogen-bond donors (Lipinski definition) is 1. The number of ether oxygens (including phenoxy) is 1. The Labute approximate surface area is 161 Å². The number of halogens is 1. The molecule has 0 heterocycles. The van der Waals surface area contributed by atoms with E-state index in [4.69, 9.17) is 4.74 Å². The van der Waals surface area contributed by atoms with Gasteiger partial charge < -0.3 is 10.1 Å². The van der Waals surface area contributed by atoms with Gasteiger partial charge in [0.2, 0.25) is 0 Å². The van der Waals surface area contributed by atoms with Crippen LogP contribution in [0, 0.1) is 0 Å².